The minimum absolute atomic E-state index is 0.103. The molecular formula is C24H42N2O5. The van der Waals surface area contributed by atoms with Crippen LogP contribution in [0.4, 0.5) is 4.79 Å². The Hall–Kier alpha value is -1.89. The smallest absolute Gasteiger partial charge is 0.331 e. The molecule has 0 unspecified atom stereocenters. The van der Waals surface area contributed by atoms with Crippen molar-refractivity contribution in [2.75, 3.05) is 26.3 Å². The zero-order valence-corrected chi connectivity index (χ0v) is 20.0. The van der Waals surface area contributed by atoms with Gasteiger partial charge in [-0.15, -0.1) is 0 Å². The van der Waals surface area contributed by atoms with E-state index >= 15 is 0 Å². The van der Waals surface area contributed by atoms with Gasteiger partial charge >= 0.3 is 12.0 Å². The number of hydrogen-bond acceptors (Lipinski definition) is 4. The fraction of sp³-hybridized carbons (Fsp3) is 0.792. The van der Waals surface area contributed by atoms with E-state index in [1.54, 1.807) is 0 Å². The Morgan fingerprint density at radius 3 is 2.06 bits per heavy atom. The monoisotopic (exact) mass is 438 g/mol. The summed E-state index contributed by atoms with van der Waals surface area (Å²) in [5.41, 5.74) is 0.0114. The zero-order valence-electron chi connectivity index (χ0n) is 20.0. The second-order valence-corrected chi connectivity index (χ2v) is 10.2. The lowest BCUT2D eigenvalue weighted by atomic mass is 9.82. The summed E-state index contributed by atoms with van der Waals surface area (Å²) in [7, 11) is 0. The van der Waals surface area contributed by atoms with E-state index in [-0.39, 0.29) is 35.7 Å². The van der Waals surface area contributed by atoms with Crippen LogP contribution >= 0.6 is 0 Å². The summed E-state index contributed by atoms with van der Waals surface area (Å²) in [6.45, 7) is 14.1. The van der Waals surface area contributed by atoms with Gasteiger partial charge in [0.05, 0.1) is 6.42 Å². The molecule has 7 nitrogen and oxygen atoms in total. The van der Waals surface area contributed by atoms with Crippen molar-refractivity contribution in [1.29, 1.82) is 0 Å². The summed E-state index contributed by atoms with van der Waals surface area (Å²) in [5.74, 6) is -0.883. The number of ether oxygens (including phenoxy) is 1. The number of carboxylic acid groups (broad SMARTS) is 1. The third-order valence-electron chi connectivity index (χ3n) is 5.95. The van der Waals surface area contributed by atoms with Crippen molar-refractivity contribution in [1.82, 2.24) is 9.80 Å². The Labute approximate surface area is 187 Å². The van der Waals surface area contributed by atoms with Crippen molar-refractivity contribution in [3.05, 3.63) is 12.8 Å². The SMILES string of the molecule is C=CN1CC(=O)N(CCCC(C)(C)CCCCOCCCCC(C)(C)CC(=O)O)C1=O. The average Bonchev–Trinajstić information content (AvgIpc) is 2.93. The van der Waals surface area contributed by atoms with Crippen LogP contribution in [0.2, 0.25) is 0 Å². The summed E-state index contributed by atoms with van der Waals surface area (Å²) in [6.07, 6.45) is 9.43. The molecule has 178 valence electrons. The number of unbranched alkanes of at least 4 members (excludes halogenated alkanes) is 2. The first-order valence-electron chi connectivity index (χ1n) is 11.5. The van der Waals surface area contributed by atoms with Crippen LogP contribution in [0.5, 0.6) is 0 Å². The largest absolute Gasteiger partial charge is 0.481 e. The third kappa shape index (κ3) is 10.8. The van der Waals surface area contributed by atoms with Crippen molar-refractivity contribution in [3.8, 4) is 0 Å². The molecule has 1 aliphatic rings. The van der Waals surface area contributed by atoms with Crippen molar-refractivity contribution in [2.45, 2.75) is 85.5 Å². The van der Waals surface area contributed by atoms with Crippen LogP contribution in [0.15, 0.2) is 12.8 Å². The molecule has 0 aromatic heterocycles. The third-order valence-corrected chi connectivity index (χ3v) is 5.95. The molecule has 0 aliphatic carbocycles. The molecule has 0 saturated carbocycles. The molecule has 3 amide bonds. The van der Waals surface area contributed by atoms with Gasteiger partial charge in [-0.05, 0) is 49.4 Å². The molecule has 0 atom stereocenters. The maximum atomic E-state index is 12.1. The van der Waals surface area contributed by atoms with Gasteiger partial charge in [0.15, 0.2) is 0 Å². The van der Waals surface area contributed by atoms with E-state index in [1.807, 2.05) is 13.8 Å². The van der Waals surface area contributed by atoms with Crippen molar-refractivity contribution < 1.29 is 24.2 Å². The number of hydrogen-bond donors (Lipinski definition) is 1. The number of amides is 3. The number of urea groups is 1. The first-order chi connectivity index (χ1) is 14.5. The molecule has 1 aliphatic heterocycles. The second kappa shape index (κ2) is 12.8. The number of aliphatic carboxylic acids is 1. The number of nitrogens with zero attached hydrogens (tertiary/aromatic N) is 2. The van der Waals surface area contributed by atoms with E-state index in [4.69, 9.17) is 9.84 Å². The van der Waals surface area contributed by atoms with Gasteiger partial charge < -0.3 is 9.84 Å². The van der Waals surface area contributed by atoms with Gasteiger partial charge in [-0.25, -0.2) is 4.79 Å². The number of carbonyl (C=O) groups is 3. The standard InChI is InChI=1S/C24H42N2O5/c1-6-25-19-20(27)26(22(25)30)15-11-14-23(2,3)12-7-9-16-31-17-10-8-13-24(4,5)18-21(28)29/h6H,1,7-19H2,2-5H3,(H,28,29). The van der Waals surface area contributed by atoms with Crippen LogP contribution in [-0.2, 0) is 14.3 Å². The molecule has 1 saturated heterocycles. The minimum atomic E-state index is -0.735. The molecule has 0 spiro atoms. The van der Waals surface area contributed by atoms with Gasteiger partial charge in [0, 0.05) is 26.0 Å². The highest BCUT2D eigenvalue weighted by molar-refractivity contribution is 6.02. The van der Waals surface area contributed by atoms with E-state index in [2.05, 4.69) is 20.4 Å². The highest BCUT2D eigenvalue weighted by atomic mass is 16.5. The second-order valence-electron chi connectivity index (χ2n) is 10.2. The molecule has 31 heavy (non-hydrogen) atoms. The molecular weight excluding hydrogens is 396 g/mol. The van der Waals surface area contributed by atoms with Crippen LogP contribution in [0.25, 0.3) is 0 Å². The van der Waals surface area contributed by atoms with Crippen LogP contribution in [0.3, 0.4) is 0 Å². The highest BCUT2D eigenvalue weighted by Gasteiger charge is 2.34. The zero-order chi connectivity index (χ0) is 23.5. The molecule has 0 aromatic carbocycles. The predicted molar refractivity (Wildman–Crippen MR) is 122 cm³/mol. The summed E-state index contributed by atoms with van der Waals surface area (Å²) in [5, 5.41) is 8.91. The summed E-state index contributed by atoms with van der Waals surface area (Å²) in [4.78, 5) is 37.5. The van der Waals surface area contributed by atoms with E-state index in [0.29, 0.717) is 6.54 Å². The number of imide groups is 1. The maximum absolute atomic E-state index is 12.1. The number of rotatable bonds is 17. The molecule has 1 heterocycles. The fourth-order valence-corrected chi connectivity index (χ4v) is 3.98. The van der Waals surface area contributed by atoms with Crippen LogP contribution < -0.4 is 0 Å². The van der Waals surface area contributed by atoms with E-state index in [1.165, 1.54) is 16.0 Å². The lowest BCUT2D eigenvalue weighted by molar-refractivity contribution is -0.139. The van der Waals surface area contributed by atoms with Crippen molar-refractivity contribution >= 4 is 17.9 Å². The van der Waals surface area contributed by atoms with Gasteiger partial charge in [-0.3, -0.25) is 19.4 Å². The summed E-state index contributed by atoms with van der Waals surface area (Å²) >= 11 is 0. The number of carboxylic acids is 1. The Bertz CT molecular complexity index is 615. The fourth-order valence-electron chi connectivity index (χ4n) is 3.98. The Balaban J connectivity index is 2.07. The number of carbonyl (C=O) groups excluding carboxylic acids is 2. The molecule has 7 heteroatoms. The minimum Gasteiger partial charge on any atom is -0.481 e. The normalized spacial score (nSPS) is 15.1. The molecule has 0 aromatic rings. The average molecular weight is 439 g/mol. The molecule has 1 rings (SSSR count). The first-order valence-corrected chi connectivity index (χ1v) is 11.5. The Kier molecular flexibility index (Phi) is 11.2. The summed E-state index contributed by atoms with van der Waals surface area (Å²) < 4.78 is 5.73. The molecule has 1 N–H and O–H groups in total. The molecule has 0 radical (unpaired) electrons. The Morgan fingerprint density at radius 1 is 1.00 bits per heavy atom. The topological polar surface area (TPSA) is 87.2 Å². The predicted octanol–water partition coefficient (Wildman–Crippen LogP) is 5.06. The van der Waals surface area contributed by atoms with Gasteiger partial charge in [-0.2, -0.15) is 0 Å². The van der Waals surface area contributed by atoms with Crippen LogP contribution in [0.1, 0.15) is 85.5 Å². The lowest BCUT2D eigenvalue weighted by Gasteiger charge is -2.25. The van der Waals surface area contributed by atoms with Gasteiger partial charge in [0.2, 0.25) is 0 Å². The van der Waals surface area contributed by atoms with Gasteiger partial charge in [0.25, 0.3) is 5.91 Å². The highest BCUT2D eigenvalue weighted by Crippen LogP contribution is 2.30. The van der Waals surface area contributed by atoms with Gasteiger partial charge in [0.1, 0.15) is 6.54 Å². The molecule has 1 fully saturated rings. The van der Waals surface area contributed by atoms with Crippen LogP contribution in [-0.4, -0.2) is 59.1 Å². The Morgan fingerprint density at radius 2 is 1.55 bits per heavy atom. The van der Waals surface area contributed by atoms with Crippen molar-refractivity contribution in [2.24, 2.45) is 10.8 Å². The van der Waals surface area contributed by atoms with E-state index < -0.39 is 5.97 Å². The molecule has 0 bridgehead atoms. The summed E-state index contributed by atoms with van der Waals surface area (Å²) in [6, 6.07) is -0.264. The lowest BCUT2D eigenvalue weighted by Crippen LogP contribution is -2.32. The maximum Gasteiger partial charge on any atom is 0.331 e. The van der Waals surface area contributed by atoms with Crippen LogP contribution in [0, 0.1) is 10.8 Å². The van der Waals surface area contributed by atoms with Gasteiger partial charge in [-0.1, -0.05) is 47.1 Å². The van der Waals surface area contributed by atoms with E-state index in [9.17, 15) is 14.4 Å². The first kappa shape index (κ1) is 27.1. The quantitative estimate of drug-likeness (QED) is 0.253. The van der Waals surface area contributed by atoms with Crippen molar-refractivity contribution in [3.63, 3.8) is 0 Å². The van der Waals surface area contributed by atoms with E-state index in [0.717, 1.165) is 64.6 Å².